The smallest absolute Gasteiger partial charge is 0.409 e. The van der Waals surface area contributed by atoms with Crippen LogP contribution in [0.1, 0.15) is 39.5 Å². The highest BCUT2D eigenvalue weighted by Gasteiger charge is 2.22. The van der Waals surface area contributed by atoms with Gasteiger partial charge in [0.1, 0.15) is 0 Å². The van der Waals surface area contributed by atoms with Gasteiger partial charge in [0, 0.05) is 52.3 Å². The first-order chi connectivity index (χ1) is 12.2. The average Bonchev–Trinajstić information content (AvgIpc) is 2.89. The lowest BCUT2D eigenvalue weighted by Gasteiger charge is -2.23. The molecule has 0 radical (unpaired) electrons. The van der Waals surface area contributed by atoms with Crippen LogP contribution in [0.25, 0.3) is 0 Å². The molecule has 0 aromatic carbocycles. The second kappa shape index (κ2) is 10.6. The van der Waals surface area contributed by atoms with Crippen LogP contribution in [0, 0.1) is 0 Å². The Labute approximate surface area is 154 Å². The summed E-state index contributed by atoms with van der Waals surface area (Å²) >= 11 is 0. The molecule has 8 nitrogen and oxygen atoms in total. The van der Waals surface area contributed by atoms with Gasteiger partial charge in [0.15, 0.2) is 0 Å². The van der Waals surface area contributed by atoms with Crippen LogP contribution in [0.3, 0.4) is 0 Å². The molecule has 146 valence electrons. The van der Waals surface area contributed by atoms with Crippen LogP contribution in [0.5, 0.6) is 0 Å². The fourth-order valence-corrected chi connectivity index (χ4v) is 2.37. The van der Waals surface area contributed by atoms with Crippen molar-refractivity contribution >= 4 is 23.8 Å². The summed E-state index contributed by atoms with van der Waals surface area (Å²) < 4.78 is 5.08. The Balaban J connectivity index is 2.15. The number of hydrogen-bond donors (Lipinski definition) is 0. The van der Waals surface area contributed by atoms with Gasteiger partial charge in [0.05, 0.1) is 6.10 Å². The van der Waals surface area contributed by atoms with E-state index in [4.69, 9.17) is 4.74 Å². The molecular formula is C18H29N3O5. The number of nitrogens with zero attached hydrogens (tertiary/aromatic N) is 3. The quantitative estimate of drug-likeness (QED) is 0.430. The number of hydrogen-bond acceptors (Lipinski definition) is 5. The summed E-state index contributed by atoms with van der Waals surface area (Å²) in [6, 6.07) is 0. The molecule has 4 amide bonds. The first-order valence-corrected chi connectivity index (χ1v) is 8.91. The Morgan fingerprint density at radius 1 is 1.00 bits per heavy atom. The van der Waals surface area contributed by atoms with Gasteiger partial charge in [-0.1, -0.05) is 6.42 Å². The fourth-order valence-electron chi connectivity index (χ4n) is 2.37. The summed E-state index contributed by atoms with van der Waals surface area (Å²) in [6.45, 7) is 4.79. The number of likely N-dealkylation sites (N-methyl/N-ethyl adjacent to an activating group) is 2. The van der Waals surface area contributed by atoms with Crippen LogP contribution in [0.2, 0.25) is 0 Å². The number of unbranched alkanes of at least 4 members (excludes halogenated alkanes) is 2. The topological polar surface area (TPSA) is 87.2 Å². The van der Waals surface area contributed by atoms with Gasteiger partial charge in [-0.25, -0.2) is 4.79 Å². The first-order valence-electron chi connectivity index (χ1n) is 8.91. The molecule has 1 rings (SSSR count). The molecule has 0 N–H and O–H groups in total. The average molecular weight is 367 g/mol. The third kappa shape index (κ3) is 7.25. The van der Waals surface area contributed by atoms with Gasteiger partial charge in [-0.2, -0.15) is 0 Å². The SMILES string of the molecule is CC(C)OC(=O)N(C)CCN(C)C(=O)CCCCCN1C(=O)C=CC1=O. The van der Waals surface area contributed by atoms with Crippen molar-refractivity contribution in [3.8, 4) is 0 Å². The molecule has 0 bridgehead atoms. The maximum Gasteiger partial charge on any atom is 0.409 e. The highest BCUT2D eigenvalue weighted by molar-refractivity contribution is 6.12. The van der Waals surface area contributed by atoms with Gasteiger partial charge < -0.3 is 14.5 Å². The normalized spacial score (nSPS) is 13.5. The van der Waals surface area contributed by atoms with Crippen LogP contribution in [-0.2, 0) is 19.1 Å². The van der Waals surface area contributed by atoms with Crippen molar-refractivity contribution in [2.45, 2.75) is 45.6 Å². The van der Waals surface area contributed by atoms with Crippen molar-refractivity contribution in [1.82, 2.24) is 14.7 Å². The predicted molar refractivity (Wildman–Crippen MR) is 96.2 cm³/mol. The lowest BCUT2D eigenvalue weighted by Crippen LogP contribution is -2.38. The van der Waals surface area contributed by atoms with Crippen LogP contribution < -0.4 is 0 Å². The van der Waals surface area contributed by atoms with E-state index in [1.165, 1.54) is 22.0 Å². The van der Waals surface area contributed by atoms with Crippen molar-refractivity contribution in [2.75, 3.05) is 33.7 Å². The van der Waals surface area contributed by atoms with E-state index in [2.05, 4.69) is 0 Å². The summed E-state index contributed by atoms with van der Waals surface area (Å²) in [5.41, 5.74) is 0. The molecule has 0 aliphatic carbocycles. The lowest BCUT2D eigenvalue weighted by atomic mass is 10.1. The Kier molecular flexibility index (Phi) is 8.81. The first kappa shape index (κ1) is 21.7. The molecule has 0 atom stereocenters. The van der Waals surface area contributed by atoms with E-state index in [1.54, 1.807) is 32.8 Å². The molecule has 8 heteroatoms. The number of ether oxygens (including phenoxy) is 1. The van der Waals surface area contributed by atoms with Crippen LogP contribution in [0.4, 0.5) is 4.79 Å². The molecule has 0 unspecified atom stereocenters. The van der Waals surface area contributed by atoms with Gasteiger partial charge in [-0.15, -0.1) is 0 Å². The molecule has 0 saturated carbocycles. The Hall–Kier alpha value is -2.38. The van der Waals surface area contributed by atoms with E-state index in [1.807, 2.05) is 0 Å². The van der Waals surface area contributed by atoms with Crippen molar-refractivity contribution in [1.29, 1.82) is 0 Å². The number of rotatable bonds is 10. The van der Waals surface area contributed by atoms with Crippen molar-refractivity contribution in [3.63, 3.8) is 0 Å². The van der Waals surface area contributed by atoms with Gasteiger partial charge >= 0.3 is 6.09 Å². The highest BCUT2D eigenvalue weighted by atomic mass is 16.6. The Morgan fingerprint density at radius 2 is 1.58 bits per heavy atom. The summed E-state index contributed by atoms with van der Waals surface area (Å²) in [6.07, 6.45) is 4.50. The zero-order chi connectivity index (χ0) is 19.7. The molecular weight excluding hydrogens is 338 g/mol. The third-order valence-corrected chi connectivity index (χ3v) is 4.02. The largest absolute Gasteiger partial charge is 0.447 e. The van der Waals surface area contributed by atoms with E-state index in [0.717, 1.165) is 6.42 Å². The second-order valence-corrected chi connectivity index (χ2v) is 6.64. The lowest BCUT2D eigenvalue weighted by molar-refractivity contribution is -0.137. The van der Waals surface area contributed by atoms with Crippen LogP contribution >= 0.6 is 0 Å². The van der Waals surface area contributed by atoms with Gasteiger partial charge in [-0.3, -0.25) is 19.3 Å². The number of carbonyl (C=O) groups is 4. The molecule has 1 aliphatic rings. The van der Waals surface area contributed by atoms with E-state index < -0.39 is 6.09 Å². The monoisotopic (exact) mass is 367 g/mol. The van der Waals surface area contributed by atoms with Gasteiger partial charge in [0.2, 0.25) is 5.91 Å². The van der Waals surface area contributed by atoms with Gasteiger partial charge in [-0.05, 0) is 26.7 Å². The molecule has 0 saturated heterocycles. The number of amides is 4. The van der Waals surface area contributed by atoms with E-state index >= 15 is 0 Å². The Morgan fingerprint density at radius 3 is 2.15 bits per heavy atom. The van der Waals surface area contributed by atoms with Crippen molar-refractivity contribution in [3.05, 3.63) is 12.2 Å². The Bertz CT molecular complexity index is 541. The van der Waals surface area contributed by atoms with E-state index in [-0.39, 0.29) is 23.8 Å². The predicted octanol–water partition coefficient (Wildman–Crippen LogP) is 1.41. The van der Waals surface area contributed by atoms with Crippen molar-refractivity contribution in [2.24, 2.45) is 0 Å². The number of imide groups is 1. The van der Waals surface area contributed by atoms with E-state index in [9.17, 15) is 19.2 Å². The molecule has 0 aromatic heterocycles. The number of carbonyl (C=O) groups excluding carboxylic acids is 4. The van der Waals surface area contributed by atoms with Gasteiger partial charge in [0.25, 0.3) is 11.8 Å². The summed E-state index contributed by atoms with van der Waals surface area (Å²) in [7, 11) is 3.34. The minimum atomic E-state index is -0.402. The minimum absolute atomic E-state index is 0.00520. The standard InChI is InChI=1S/C18H29N3O5/c1-14(2)26-18(25)20(4)13-12-19(3)15(22)8-6-5-7-11-21-16(23)9-10-17(21)24/h9-10,14H,5-8,11-13H2,1-4H3. The fraction of sp³-hybridized carbons (Fsp3) is 0.667. The van der Waals surface area contributed by atoms with Crippen LogP contribution in [0.15, 0.2) is 12.2 Å². The summed E-state index contributed by atoms with van der Waals surface area (Å²) in [5.74, 6) is -0.539. The van der Waals surface area contributed by atoms with Crippen molar-refractivity contribution < 1.29 is 23.9 Å². The minimum Gasteiger partial charge on any atom is -0.447 e. The molecule has 0 spiro atoms. The second-order valence-electron chi connectivity index (χ2n) is 6.64. The molecule has 1 aliphatic heterocycles. The summed E-state index contributed by atoms with van der Waals surface area (Å²) in [5, 5.41) is 0. The highest BCUT2D eigenvalue weighted by Crippen LogP contribution is 2.08. The summed E-state index contributed by atoms with van der Waals surface area (Å²) in [4.78, 5) is 50.8. The molecule has 26 heavy (non-hydrogen) atoms. The maximum absolute atomic E-state index is 12.1. The third-order valence-electron chi connectivity index (χ3n) is 4.02. The zero-order valence-electron chi connectivity index (χ0n) is 16.1. The zero-order valence-corrected chi connectivity index (χ0v) is 16.1. The molecule has 0 fully saturated rings. The molecule has 1 heterocycles. The maximum atomic E-state index is 12.1. The van der Waals surface area contributed by atoms with E-state index in [0.29, 0.717) is 38.9 Å². The molecule has 0 aromatic rings. The van der Waals surface area contributed by atoms with Crippen LogP contribution in [-0.4, -0.2) is 78.3 Å².